The highest BCUT2D eigenvalue weighted by atomic mass is 32.2. The second kappa shape index (κ2) is 10.3. The molecule has 3 aromatic rings. The van der Waals surface area contributed by atoms with Gasteiger partial charge in [-0.2, -0.15) is 0 Å². The molecule has 0 aliphatic carbocycles. The van der Waals surface area contributed by atoms with Crippen molar-refractivity contribution < 1.29 is 22.7 Å². The van der Waals surface area contributed by atoms with Crippen molar-refractivity contribution in [3.63, 3.8) is 0 Å². The second-order valence-corrected chi connectivity index (χ2v) is 12.9. The number of carbonyl (C=O) groups is 2. The Morgan fingerprint density at radius 2 is 1.76 bits per heavy atom. The van der Waals surface area contributed by atoms with Crippen molar-refractivity contribution in [2.45, 2.75) is 57.6 Å². The van der Waals surface area contributed by atoms with Gasteiger partial charge in [-0.15, -0.1) is 0 Å². The third kappa shape index (κ3) is 6.49. The SMILES string of the molecule is Cc1cc(COc2ccc(S(=O)(=O)NC3(CC(N)=O)CN(C(=O)CC(C)(C)C)C3)cc2)c2ccccc2n1. The molecule has 0 spiro atoms. The van der Waals surface area contributed by atoms with Gasteiger partial charge in [0, 0.05) is 42.6 Å². The Morgan fingerprint density at radius 1 is 1.11 bits per heavy atom. The van der Waals surface area contributed by atoms with Crippen LogP contribution in [0.4, 0.5) is 0 Å². The van der Waals surface area contributed by atoms with Gasteiger partial charge in [0.2, 0.25) is 21.8 Å². The summed E-state index contributed by atoms with van der Waals surface area (Å²) in [6, 6.07) is 15.9. The van der Waals surface area contributed by atoms with Crippen LogP contribution in [0.5, 0.6) is 5.75 Å². The number of pyridine rings is 1. The van der Waals surface area contributed by atoms with Crippen LogP contribution in [0.2, 0.25) is 0 Å². The van der Waals surface area contributed by atoms with Crippen LogP contribution in [0.3, 0.4) is 0 Å². The maximum absolute atomic E-state index is 13.2. The molecule has 202 valence electrons. The van der Waals surface area contributed by atoms with Crippen molar-refractivity contribution in [1.29, 1.82) is 0 Å². The van der Waals surface area contributed by atoms with E-state index < -0.39 is 21.5 Å². The monoisotopic (exact) mass is 538 g/mol. The van der Waals surface area contributed by atoms with E-state index in [1.807, 2.05) is 58.0 Å². The number of benzene rings is 2. The molecule has 1 aliphatic heterocycles. The number of nitrogens with one attached hydrogen (secondary N) is 1. The molecule has 0 radical (unpaired) electrons. The maximum Gasteiger partial charge on any atom is 0.241 e. The largest absolute Gasteiger partial charge is 0.489 e. The van der Waals surface area contributed by atoms with Crippen molar-refractivity contribution >= 4 is 32.7 Å². The van der Waals surface area contributed by atoms with Crippen molar-refractivity contribution in [2.75, 3.05) is 13.1 Å². The third-order valence-corrected chi connectivity index (χ3v) is 7.94. The van der Waals surface area contributed by atoms with Crippen molar-refractivity contribution in [3.05, 3.63) is 65.9 Å². The predicted molar refractivity (Wildman–Crippen MR) is 145 cm³/mol. The van der Waals surface area contributed by atoms with Gasteiger partial charge in [-0.1, -0.05) is 39.0 Å². The first-order valence-electron chi connectivity index (χ1n) is 12.4. The Morgan fingerprint density at radius 3 is 2.39 bits per heavy atom. The fourth-order valence-electron chi connectivity index (χ4n) is 4.71. The third-order valence-electron chi connectivity index (χ3n) is 6.34. The summed E-state index contributed by atoms with van der Waals surface area (Å²) in [6.45, 7) is 8.27. The van der Waals surface area contributed by atoms with E-state index in [0.29, 0.717) is 18.8 Å². The highest BCUT2D eigenvalue weighted by Crippen LogP contribution is 2.30. The number of likely N-dealkylation sites (tertiary alicyclic amines) is 1. The highest BCUT2D eigenvalue weighted by Gasteiger charge is 2.49. The topological polar surface area (TPSA) is 132 Å². The Labute approximate surface area is 223 Å². The summed E-state index contributed by atoms with van der Waals surface area (Å²) in [4.78, 5) is 30.4. The first-order valence-corrected chi connectivity index (χ1v) is 13.9. The van der Waals surface area contributed by atoms with Crippen molar-refractivity contribution in [3.8, 4) is 5.75 Å². The molecule has 1 saturated heterocycles. The molecular weight excluding hydrogens is 504 g/mol. The molecule has 4 rings (SSSR count). The lowest BCUT2D eigenvalue weighted by Crippen LogP contribution is -2.72. The molecule has 0 atom stereocenters. The molecular formula is C28H34N4O5S. The first-order chi connectivity index (χ1) is 17.8. The van der Waals surface area contributed by atoms with Crippen LogP contribution in [0.1, 0.15) is 44.9 Å². The zero-order valence-corrected chi connectivity index (χ0v) is 23.0. The van der Waals surface area contributed by atoms with Gasteiger partial charge in [0.25, 0.3) is 0 Å². The number of primary amides is 1. The standard InChI is InChI=1S/C28H34N4O5S/c1-19-13-20(23-7-5-6-8-24(23)30-19)16-37-21-9-11-22(12-10-21)38(35,36)31-28(14-25(29)33)17-32(18-28)26(34)15-27(2,3)4/h5-13,31H,14-18H2,1-4H3,(H2,29,33). The molecule has 0 saturated carbocycles. The van der Waals surface area contributed by atoms with Crippen molar-refractivity contribution in [1.82, 2.24) is 14.6 Å². The fraction of sp³-hybridized carbons (Fsp3) is 0.393. The van der Waals surface area contributed by atoms with Crippen LogP contribution in [0.25, 0.3) is 10.9 Å². The molecule has 2 aromatic carbocycles. The van der Waals surface area contributed by atoms with Gasteiger partial charge in [-0.25, -0.2) is 13.1 Å². The molecule has 0 unspecified atom stereocenters. The van der Waals surface area contributed by atoms with Gasteiger partial charge >= 0.3 is 0 Å². The van der Waals surface area contributed by atoms with Crippen LogP contribution >= 0.6 is 0 Å². The number of sulfonamides is 1. The van der Waals surface area contributed by atoms with E-state index in [9.17, 15) is 18.0 Å². The van der Waals surface area contributed by atoms with Crippen LogP contribution in [-0.2, 0) is 26.2 Å². The quantitative estimate of drug-likeness (QED) is 0.430. The Kier molecular flexibility index (Phi) is 7.49. The van der Waals surface area contributed by atoms with E-state index in [2.05, 4.69) is 9.71 Å². The lowest BCUT2D eigenvalue weighted by molar-refractivity contribution is -0.143. The minimum Gasteiger partial charge on any atom is -0.489 e. The normalized spacial score (nSPS) is 15.2. The molecule has 38 heavy (non-hydrogen) atoms. The van der Waals surface area contributed by atoms with Gasteiger partial charge in [0.1, 0.15) is 12.4 Å². The molecule has 2 amide bonds. The number of rotatable bonds is 9. The number of hydrogen-bond donors (Lipinski definition) is 2. The van der Waals surface area contributed by atoms with Crippen LogP contribution < -0.4 is 15.2 Å². The number of nitrogens with zero attached hydrogens (tertiary/aromatic N) is 2. The number of carbonyl (C=O) groups excluding carboxylic acids is 2. The van der Waals surface area contributed by atoms with E-state index in [-0.39, 0.29) is 35.7 Å². The molecule has 9 nitrogen and oxygen atoms in total. The molecule has 0 bridgehead atoms. The number of amides is 2. The lowest BCUT2D eigenvalue weighted by Gasteiger charge is -2.50. The van der Waals surface area contributed by atoms with E-state index in [1.165, 1.54) is 12.1 Å². The number of nitrogens with two attached hydrogens (primary N) is 1. The van der Waals surface area contributed by atoms with Crippen LogP contribution in [0.15, 0.2) is 59.5 Å². The lowest BCUT2D eigenvalue weighted by atomic mass is 9.84. The number of aryl methyl sites for hydroxylation is 1. The van der Waals surface area contributed by atoms with Gasteiger partial charge in [0.05, 0.1) is 16.0 Å². The highest BCUT2D eigenvalue weighted by molar-refractivity contribution is 7.89. The van der Waals surface area contributed by atoms with E-state index >= 15 is 0 Å². The molecule has 1 aliphatic rings. The Balaban J connectivity index is 1.44. The summed E-state index contributed by atoms with van der Waals surface area (Å²) in [5.41, 5.74) is 6.84. The Bertz CT molecular complexity index is 1460. The second-order valence-electron chi connectivity index (χ2n) is 11.2. The molecule has 3 N–H and O–H groups in total. The number of hydrogen-bond acceptors (Lipinski definition) is 6. The van der Waals surface area contributed by atoms with E-state index in [0.717, 1.165) is 22.2 Å². The van der Waals surface area contributed by atoms with Gasteiger partial charge in [-0.3, -0.25) is 14.6 Å². The number of aromatic nitrogens is 1. The van der Waals surface area contributed by atoms with E-state index in [1.54, 1.807) is 17.0 Å². The number of ether oxygens (including phenoxy) is 1. The number of para-hydroxylation sites is 1. The summed E-state index contributed by atoms with van der Waals surface area (Å²) in [5, 5.41) is 0.997. The summed E-state index contributed by atoms with van der Waals surface area (Å²) >= 11 is 0. The van der Waals surface area contributed by atoms with Crippen LogP contribution in [0, 0.1) is 12.3 Å². The molecule has 1 aromatic heterocycles. The van der Waals surface area contributed by atoms with Gasteiger partial charge in [-0.05, 0) is 48.7 Å². The average molecular weight is 539 g/mol. The first kappa shape index (κ1) is 27.5. The fourth-order valence-corrected chi connectivity index (χ4v) is 6.09. The molecule has 10 heteroatoms. The van der Waals surface area contributed by atoms with E-state index in [4.69, 9.17) is 10.5 Å². The minimum atomic E-state index is -3.99. The maximum atomic E-state index is 13.2. The predicted octanol–water partition coefficient (Wildman–Crippen LogP) is 3.29. The summed E-state index contributed by atoms with van der Waals surface area (Å²) in [7, 11) is -3.99. The summed E-state index contributed by atoms with van der Waals surface area (Å²) in [5.74, 6) is -0.217. The smallest absolute Gasteiger partial charge is 0.241 e. The molecule has 2 heterocycles. The van der Waals surface area contributed by atoms with Crippen molar-refractivity contribution in [2.24, 2.45) is 11.1 Å². The average Bonchev–Trinajstić information content (AvgIpc) is 2.79. The van der Waals surface area contributed by atoms with Gasteiger partial charge in [0.15, 0.2) is 0 Å². The Hall–Kier alpha value is -3.50. The zero-order valence-electron chi connectivity index (χ0n) is 22.2. The van der Waals surface area contributed by atoms with Gasteiger partial charge < -0.3 is 15.4 Å². The minimum absolute atomic E-state index is 0.0263. The number of fused-ring (bicyclic) bond motifs is 1. The summed E-state index contributed by atoms with van der Waals surface area (Å²) in [6.07, 6.45) is 0.120. The zero-order chi connectivity index (χ0) is 27.7. The summed E-state index contributed by atoms with van der Waals surface area (Å²) < 4.78 is 35.0. The molecule has 1 fully saturated rings. The van der Waals surface area contributed by atoms with Crippen LogP contribution in [-0.4, -0.2) is 48.7 Å².